The van der Waals surface area contributed by atoms with Crippen molar-refractivity contribution in [3.63, 3.8) is 0 Å². The number of ketones is 1. The van der Waals surface area contributed by atoms with Crippen molar-refractivity contribution in [2.24, 2.45) is 0 Å². The van der Waals surface area contributed by atoms with Crippen molar-refractivity contribution in [3.05, 3.63) is 29.8 Å². The van der Waals surface area contributed by atoms with Crippen LogP contribution in [-0.2, 0) is 11.2 Å². The summed E-state index contributed by atoms with van der Waals surface area (Å²) in [7, 11) is 0. The van der Waals surface area contributed by atoms with Crippen molar-refractivity contribution < 1.29 is 9.53 Å². The Kier molecular flexibility index (Phi) is 5.81. The summed E-state index contributed by atoms with van der Waals surface area (Å²) in [6.07, 6.45) is 2.82. The zero-order valence-electron chi connectivity index (χ0n) is 10.1. The first-order valence-corrected chi connectivity index (χ1v) is 5.80. The minimum Gasteiger partial charge on any atom is -0.494 e. The number of Topliss-reactive ketones (excluding diaryl/α,β-unsaturated/α-hetero) is 1. The molecule has 0 aliphatic heterocycles. The monoisotopic (exact) mass is 231 g/mol. The molecule has 1 rings (SSSR count). The van der Waals surface area contributed by atoms with Gasteiger partial charge in [0.1, 0.15) is 11.5 Å². The maximum Gasteiger partial charge on any atom is 0.134 e. The highest BCUT2D eigenvalue weighted by molar-refractivity contribution is 5.78. The number of rotatable bonds is 7. The van der Waals surface area contributed by atoms with Crippen LogP contribution in [0.3, 0.4) is 0 Å². The Hall–Kier alpha value is -1.82. The molecule has 0 aliphatic carbocycles. The van der Waals surface area contributed by atoms with Crippen LogP contribution in [0.15, 0.2) is 24.3 Å². The molecule has 0 bridgehead atoms. The summed E-state index contributed by atoms with van der Waals surface area (Å²) in [6, 6.07) is 9.68. The number of carbonyl (C=O) groups is 1. The molecule has 0 fully saturated rings. The van der Waals surface area contributed by atoms with Crippen LogP contribution in [0.25, 0.3) is 0 Å². The SMILES string of the molecule is CC(=O)Cc1ccc(OCCCCC#N)cc1. The summed E-state index contributed by atoms with van der Waals surface area (Å²) in [5.74, 6) is 0.976. The van der Waals surface area contributed by atoms with E-state index in [1.165, 1.54) is 0 Å². The van der Waals surface area contributed by atoms with Crippen molar-refractivity contribution >= 4 is 5.78 Å². The van der Waals surface area contributed by atoms with Crippen LogP contribution >= 0.6 is 0 Å². The minimum atomic E-state index is 0.162. The third kappa shape index (κ3) is 5.72. The summed E-state index contributed by atoms with van der Waals surface area (Å²) in [6.45, 7) is 2.22. The molecule has 1 aromatic carbocycles. The predicted molar refractivity (Wildman–Crippen MR) is 65.8 cm³/mol. The quantitative estimate of drug-likeness (QED) is 0.678. The maximum atomic E-state index is 10.9. The van der Waals surface area contributed by atoms with Crippen LogP contribution in [0, 0.1) is 11.3 Å². The first-order chi connectivity index (χ1) is 8.22. The van der Waals surface area contributed by atoms with Crippen molar-refractivity contribution in [1.29, 1.82) is 5.26 Å². The fourth-order valence-corrected chi connectivity index (χ4v) is 1.49. The fraction of sp³-hybridized carbons (Fsp3) is 0.429. The van der Waals surface area contributed by atoms with Gasteiger partial charge in [0, 0.05) is 12.8 Å². The summed E-state index contributed by atoms with van der Waals surface area (Å²) in [5.41, 5.74) is 1.01. The van der Waals surface area contributed by atoms with Crippen LogP contribution in [0.2, 0.25) is 0 Å². The summed E-state index contributed by atoms with van der Waals surface area (Å²) in [4.78, 5) is 10.9. The van der Waals surface area contributed by atoms with Crippen LogP contribution in [0.5, 0.6) is 5.75 Å². The molecule has 0 amide bonds. The molecule has 0 aliphatic rings. The maximum absolute atomic E-state index is 10.9. The van der Waals surface area contributed by atoms with Gasteiger partial charge in [-0.05, 0) is 37.5 Å². The topological polar surface area (TPSA) is 50.1 Å². The van der Waals surface area contributed by atoms with Crippen molar-refractivity contribution in [2.45, 2.75) is 32.6 Å². The van der Waals surface area contributed by atoms with Gasteiger partial charge in [-0.25, -0.2) is 0 Å². The lowest BCUT2D eigenvalue weighted by atomic mass is 10.1. The molecule has 17 heavy (non-hydrogen) atoms. The normalized spacial score (nSPS) is 9.65. The highest BCUT2D eigenvalue weighted by atomic mass is 16.5. The van der Waals surface area contributed by atoms with Crippen molar-refractivity contribution in [2.75, 3.05) is 6.61 Å². The zero-order valence-corrected chi connectivity index (χ0v) is 10.1. The van der Waals surface area contributed by atoms with Gasteiger partial charge < -0.3 is 4.74 Å². The minimum absolute atomic E-state index is 0.162. The Bertz CT molecular complexity index is 390. The number of hydrogen-bond acceptors (Lipinski definition) is 3. The molecule has 0 saturated heterocycles. The molecule has 0 spiro atoms. The highest BCUT2D eigenvalue weighted by Crippen LogP contribution is 2.13. The van der Waals surface area contributed by atoms with E-state index >= 15 is 0 Å². The van der Waals surface area contributed by atoms with Gasteiger partial charge in [0.05, 0.1) is 12.7 Å². The van der Waals surface area contributed by atoms with Gasteiger partial charge in [0.25, 0.3) is 0 Å². The molecular formula is C14H17NO2. The Labute approximate surface area is 102 Å². The average Bonchev–Trinajstić information content (AvgIpc) is 2.30. The molecule has 0 N–H and O–H groups in total. The smallest absolute Gasteiger partial charge is 0.134 e. The van der Waals surface area contributed by atoms with E-state index in [0.29, 0.717) is 19.4 Å². The second-order valence-corrected chi connectivity index (χ2v) is 3.99. The molecule has 0 saturated carbocycles. The summed E-state index contributed by atoms with van der Waals surface area (Å²) >= 11 is 0. The first-order valence-electron chi connectivity index (χ1n) is 5.80. The molecule has 90 valence electrons. The molecule has 0 aromatic heterocycles. The second-order valence-electron chi connectivity index (χ2n) is 3.99. The predicted octanol–water partition coefficient (Wildman–Crippen LogP) is 2.89. The highest BCUT2D eigenvalue weighted by Gasteiger charge is 1.98. The van der Waals surface area contributed by atoms with Gasteiger partial charge in [0.15, 0.2) is 0 Å². The third-order valence-electron chi connectivity index (χ3n) is 2.33. The van der Waals surface area contributed by atoms with Gasteiger partial charge in [-0.2, -0.15) is 5.26 Å². The van der Waals surface area contributed by atoms with E-state index < -0.39 is 0 Å². The molecule has 0 atom stereocenters. The lowest BCUT2D eigenvalue weighted by molar-refractivity contribution is -0.116. The number of hydrogen-bond donors (Lipinski definition) is 0. The van der Waals surface area contributed by atoms with Gasteiger partial charge in [-0.15, -0.1) is 0 Å². The van der Waals surface area contributed by atoms with E-state index in [1.807, 2.05) is 24.3 Å². The van der Waals surface area contributed by atoms with E-state index in [-0.39, 0.29) is 5.78 Å². The lowest BCUT2D eigenvalue weighted by Crippen LogP contribution is -1.98. The summed E-state index contributed by atoms with van der Waals surface area (Å²) in [5, 5.41) is 8.37. The zero-order chi connectivity index (χ0) is 12.5. The van der Waals surface area contributed by atoms with Crippen LogP contribution in [0.4, 0.5) is 0 Å². The Balaban J connectivity index is 2.30. The molecular weight excluding hydrogens is 214 g/mol. The van der Waals surface area contributed by atoms with Gasteiger partial charge in [-0.3, -0.25) is 4.79 Å². The second kappa shape index (κ2) is 7.45. The molecule has 0 unspecified atom stereocenters. The Morgan fingerprint density at radius 1 is 1.29 bits per heavy atom. The first kappa shape index (κ1) is 13.2. The van der Waals surface area contributed by atoms with Crippen molar-refractivity contribution in [3.8, 4) is 11.8 Å². The van der Waals surface area contributed by atoms with Gasteiger partial charge in [-0.1, -0.05) is 12.1 Å². The van der Waals surface area contributed by atoms with Crippen LogP contribution in [-0.4, -0.2) is 12.4 Å². The van der Waals surface area contributed by atoms with Crippen LogP contribution in [0.1, 0.15) is 31.7 Å². The molecule has 3 nitrogen and oxygen atoms in total. The third-order valence-corrected chi connectivity index (χ3v) is 2.33. The summed E-state index contributed by atoms with van der Waals surface area (Å²) < 4.78 is 5.52. The molecule has 1 aromatic rings. The number of ether oxygens (including phenoxy) is 1. The molecule has 3 heteroatoms. The average molecular weight is 231 g/mol. The Morgan fingerprint density at radius 3 is 2.59 bits per heavy atom. The standard InChI is InChI=1S/C14H17NO2/c1-12(16)11-13-5-7-14(8-6-13)17-10-4-2-3-9-15/h5-8H,2-4,10-11H2,1H3. The lowest BCUT2D eigenvalue weighted by Gasteiger charge is -2.06. The largest absolute Gasteiger partial charge is 0.494 e. The number of unbranched alkanes of at least 4 members (excludes halogenated alkanes) is 2. The molecule has 0 radical (unpaired) electrons. The van der Waals surface area contributed by atoms with E-state index in [2.05, 4.69) is 6.07 Å². The van der Waals surface area contributed by atoms with Gasteiger partial charge in [0.2, 0.25) is 0 Å². The van der Waals surface area contributed by atoms with Crippen LogP contribution < -0.4 is 4.74 Å². The van der Waals surface area contributed by atoms with E-state index in [1.54, 1.807) is 6.92 Å². The number of nitriles is 1. The molecule has 0 heterocycles. The van der Waals surface area contributed by atoms with E-state index in [0.717, 1.165) is 24.2 Å². The number of carbonyl (C=O) groups excluding carboxylic acids is 1. The fourth-order valence-electron chi connectivity index (χ4n) is 1.49. The van der Waals surface area contributed by atoms with Crippen molar-refractivity contribution in [1.82, 2.24) is 0 Å². The Morgan fingerprint density at radius 2 is 2.00 bits per heavy atom. The number of benzene rings is 1. The van der Waals surface area contributed by atoms with Gasteiger partial charge >= 0.3 is 0 Å². The van der Waals surface area contributed by atoms with E-state index in [9.17, 15) is 4.79 Å². The van der Waals surface area contributed by atoms with E-state index in [4.69, 9.17) is 10.00 Å². The number of nitrogens with zero attached hydrogens (tertiary/aromatic N) is 1.